The summed E-state index contributed by atoms with van der Waals surface area (Å²) in [6.45, 7) is 27.5. The molecule has 0 unspecified atom stereocenters. The summed E-state index contributed by atoms with van der Waals surface area (Å²) in [7, 11) is 0. The third-order valence-corrected chi connectivity index (χ3v) is 5.50. The van der Waals surface area contributed by atoms with Gasteiger partial charge in [-0.05, 0) is 72.9 Å². The summed E-state index contributed by atoms with van der Waals surface area (Å²) in [4.78, 5) is 38.3. The van der Waals surface area contributed by atoms with Crippen molar-refractivity contribution in [3.63, 3.8) is 0 Å². The molecule has 0 aliphatic rings. The summed E-state index contributed by atoms with van der Waals surface area (Å²) in [6.07, 6.45) is 0.818. The third kappa shape index (κ3) is 17.3. The number of carbonyl (C=O) groups is 2. The number of benzene rings is 2. The standard InChI is InChI=1S/2C14H20O3.2C2H2O.C2H4/c2*1-9-7-10(5-6-12(15)16)13(17)11(8-9)14(2,3)4;2*1-2-3;1-2/h2*7-8,17H,5-6H2,1-4H3,(H,15,16);2*1H2;1-2H2. The molecule has 0 bridgehead atoms. The normalized spacial score (nSPS) is 9.81. The monoisotopic (exact) mass is 584 g/mol. The van der Waals surface area contributed by atoms with E-state index in [4.69, 9.17) is 19.8 Å². The van der Waals surface area contributed by atoms with Crippen molar-refractivity contribution < 1.29 is 39.6 Å². The molecular formula is C34H48O8. The van der Waals surface area contributed by atoms with Crippen molar-refractivity contribution in [1.82, 2.24) is 0 Å². The Kier molecular flexibility index (Phi) is 20.5. The molecule has 4 N–H and O–H groups in total. The second-order valence-electron chi connectivity index (χ2n) is 11.2. The van der Waals surface area contributed by atoms with Gasteiger partial charge in [-0.1, -0.05) is 76.9 Å². The van der Waals surface area contributed by atoms with Gasteiger partial charge in [0.25, 0.3) is 0 Å². The fourth-order valence-corrected chi connectivity index (χ4v) is 3.72. The summed E-state index contributed by atoms with van der Waals surface area (Å²) < 4.78 is 0. The number of phenolic OH excluding ortho intramolecular Hbond substituents is 2. The van der Waals surface area contributed by atoms with Crippen LogP contribution in [0.2, 0.25) is 0 Å². The number of aliphatic carboxylic acids is 2. The fraction of sp³-hybridized carbons (Fsp3) is 0.412. The van der Waals surface area contributed by atoms with Gasteiger partial charge in [0, 0.05) is 12.8 Å². The number of aryl methyl sites for hydroxylation is 4. The Morgan fingerprint density at radius 3 is 1.10 bits per heavy atom. The van der Waals surface area contributed by atoms with Gasteiger partial charge < -0.3 is 20.4 Å². The second kappa shape index (κ2) is 20.5. The van der Waals surface area contributed by atoms with Crippen LogP contribution in [0.4, 0.5) is 0 Å². The number of carbonyl (C=O) groups excluding carboxylic acids is 2. The van der Waals surface area contributed by atoms with Crippen LogP contribution in [0.5, 0.6) is 11.5 Å². The largest absolute Gasteiger partial charge is 0.507 e. The Bertz CT molecular complexity index is 1120. The highest BCUT2D eigenvalue weighted by molar-refractivity contribution is 5.68. The highest BCUT2D eigenvalue weighted by Gasteiger charge is 2.22. The van der Waals surface area contributed by atoms with Crippen molar-refractivity contribution in [2.45, 2.75) is 91.9 Å². The molecule has 2 aromatic carbocycles. The summed E-state index contributed by atoms with van der Waals surface area (Å²) in [5, 5.41) is 37.7. The van der Waals surface area contributed by atoms with E-state index >= 15 is 0 Å². The van der Waals surface area contributed by atoms with Crippen molar-refractivity contribution in [2.24, 2.45) is 0 Å². The van der Waals surface area contributed by atoms with Gasteiger partial charge in [0.1, 0.15) is 23.4 Å². The molecule has 0 radical (unpaired) electrons. The zero-order valence-electron chi connectivity index (χ0n) is 26.4. The maximum Gasteiger partial charge on any atom is 0.303 e. The molecule has 2 rings (SSSR count). The molecule has 2 aromatic rings. The second-order valence-corrected chi connectivity index (χ2v) is 11.2. The highest BCUT2D eigenvalue weighted by atomic mass is 16.4. The number of rotatable bonds is 6. The van der Waals surface area contributed by atoms with E-state index in [1.54, 1.807) is 0 Å². The van der Waals surface area contributed by atoms with E-state index in [2.05, 4.69) is 26.3 Å². The van der Waals surface area contributed by atoms with Crippen LogP contribution in [0.25, 0.3) is 0 Å². The lowest BCUT2D eigenvalue weighted by Crippen LogP contribution is -2.13. The van der Waals surface area contributed by atoms with Gasteiger partial charge in [0.15, 0.2) is 0 Å². The lowest BCUT2D eigenvalue weighted by molar-refractivity contribution is -0.138. The van der Waals surface area contributed by atoms with E-state index in [1.165, 1.54) is 11.9 Å². The van der Waals surface area contributed by atoms with E-state index in [0.717, 1.165) is 33.4 Å². The van der Waals surface area contributed by atoms with Gasteiger partial charge in [-0.15, -0.1) is 13.2 Å². The molecule has 232 valence electrons. The first kappa shape index (κ1) is 42.1. The van der Waals surface area contributed by atoms with Crippen molar-refractivity contribution >= 4 is 23.8 Å². The summed E-state index contributed by atoms with van der Waals surface area (Å²) in [5.41, 5.74) is 4.99. The molecule has 0 aliphatic carbocycles. The number of hydrogen-bond acceptors (Lipinski definition) is 6. The average Bonchev–Trinajstić information content (AvgIpc) is 2.85. The minimum atomic E-state index is -0.844. The van der Waals surface area contributed by atoms with Gasteiger partial charge in [-0.2, -0.15) is 0 Å². The molecule has 0 aromatic heterocycles. The SMILES string of the molecule is C=C.C=C=O.C=C=O.Cc1cc(CCC(=O)O)c(O)c(C(C)(C)C)c1.Cc1cc(CCC(=O)O)c(O)c(C(C)(C)C)c1. The number of aromatic hydroxyl groups is 2. The maximum atomic E-state index is 10.6. The molecule has 0 atom stereocenters. The van der Waals surface area contributed by atoms with Gasteiger partial charge in [-0.25, -0.2) is 9.59 Å². The Labute approximate surface area is 250 Å². The quantitative estimate of drug-likeness (QED) is 0.213. The zero-order chi connectivity index (χ0) is 33.8. The zero-order valence-corrected chi connectivity index (χ0v) is 26.4. The molecule has 0 fully saturated rings. The molecule has 0 heterocycles. The molecule has 8 nitrogen and oxygen atoms in total. The van der Waals surface area contributed by atoms with Gasteiger partial charge in [-0.3, -0.25) is 9.59 Å². The van der Waals surface area contributed by atoms with E-state index in [-0.39, 0.29) is 35.2 Å². The Morgan fingerprint density at radius 2 is 0.905 bits per heavy atom. The molecule has 8 heteroatoms. The van der Waals surface area contributed by atoms with Crippen molar-refractivity contribution in [3.8, 4) is 11.5 Å². The van der Waals surface area contributed by atoms with Crippen LogP contribution in [-0.4, -0.2) is 44.2 Å². The minimum Gasteiger partial charge on any atom is -0.507 e. The third-order valence-electron chi connectivity index (χ3n) is 5.50. The van der Waals surface area contributed by atoms with Crippen molar-refractivity contribution in [2.75, 3.05) is 0 Å². The molecule has 0 saturated heterocycles. The first-order valence-electron chi connectivity index (χ1n) is 13.1. The minimum absolute atomic E-state index is 0.0423. The van der Waals surface area contributed by atoms with E-state index in [0.29, 0.717) is 12.8 Å². The molecule has 0 aliphatic heterocycles. The van der Waals surface area contributed by atoms with Crippen molar-refractivity contribution in [1.29, 1.82) is 0 Å². The van der Waals surface area contributed by atoms with Gasteiger partial charge >= 0.3 is 11.9 Å². The number of phenols is 2. The first-order valence-corrected chi connectivity index (χ1v) is 13.1. The number of hydrogen-bond donors (Lipinski definition) is 4. The Balaban J connectivity index is -0.000000580. The number of carboxylic acids is 2. The van der Waals surface area contributed by atoms with Crippen LogP contribution >= 0.6 is 0 Å². The predicted molar refractivity (Wildman–Crippen MR) is 169 cm³/mol. The molecule has 0 spiro atoms. The van der Waals surface area contributed by atoms with Crippen molar-refractivity contribution in [3.05, 3.63) is 84.0 Å². The molecule has 0 saturated carbocycles. The van der Waals surface area contributed by atoms with Crippen LogP contribution in [0.3, 0.4) is 0 Å². The summed E-state index contributed by atoms with van der Waals surface area (Å²) in [5.74, 6) is 1.29. The maximum absolute atomic E-state index is 10.6. The van der Waals surface area contributed by atoms with Crippen LogP contribution in [0, 0.1) is 13.8 Å². The Morgan fingerprint density at radius 1 is 0.667 bits per heavy atom. The first-order chi connectivity index (χ1) is 19.3. The topological polar surface area (TPSA) is 149 Å². The van der Waals surface area contributed by atoms with Crippen LogP contribution in [-0.2, 0) is 42.8 Å². The summed E-state index contributed by atoms with van der Waals surface area (Å²) >= 11 is 0. The van der Waals surface area contributed by atoms with E-state index in [9.17, 15) is 19.8 Å². The van der Waals surface area contributed by atoms with Crippen LogP contribution < -0.4 is 0 Å². The number of carboxylic acid groups (broad SMARTS) is 2. The Hall–Kier alpha value is -4.38. The highest BCUT2D eigenvalue weighted by Crippen LogP contribution is 2.36. The fourth-order valence-electron chi connectivity index (χ4n) is 3.72. The lowest BCUT2D eigenvalue weighted by Gasteiger charge is -2.22. The average molecular weight is 585 g/mol. The van der Waals surface area contributed by atoms with Gasteiger partial charge in [0.05, 0.1) is 0 Å². The van der Waals surface area contributed by atoms with Crippen LogP contribution in [0.1, 0.15) is 87.8 Å². The predicted octanol–water partition coefficient (Wildman–Crippen LogP) is 6.84. The van der Waals surface area contributed by atoms with Crippen LogP contribution in [0.15, 0.2) is 50.6 Å². The van der Waals surface area contributed by atoms with Gasteiger partial charge in [0.2, 0.25) is 0 Å². The lowest BCUT2D eigenvalue weighted by atomic mass is 9.83. The van der Waals surface area contributed by atoms with E-state index < -0.39 is 11.9 Å². The van der Waals surface area contributed by atoms with E-state index in [1.807, 2.05) is 79.7 Å². The summed E-state index contributed by atoms with van der Waals surface area (Å²) in [6, 6.07) is 7.63. The smallest absolute Gasteiger partial charge is 0.303 e. The molecule has 42 heavy (non-hydrogen) atoms. The molecular weight excluding hydrogens is 536 g/mol. The molecule has 0 amide bonds.